The molecule has 25 heavy (non-hydrogen) atoms. The van der Waals surface area contributed by atoms with Gasteiger partial charge in [-0.3, -0.25) is 9.59 Å². The van der Waals surface area contributed by atoms with Crippen LogP contribution in [0.1, 0.15) is 44.9 Å². The van der Waals surface area contributed by atoms with Crippen molar-refractivity contribution in [1.29, 1.82) is 0 Å². The first kappa shape index (κ1) is 16.8. The van der Waals surface area contributed by atoms with E-state index in [2.05, 4.69) is 10.3 Å². The quantitative estimate of drug-likeness (QED) is 0.808. The van der Waals surface area contributed by atoms with Crippen LogP contribution in [0.15, 0.2) is 18.3 Å². The molecule has 1 aromatic heterocycles. The summed E-state index contributed by atoms with van der Waals surface area (Å²) in [6.07, 6.45) is 9.46. The van der Waals surface area contributed by atoms with E-state index in [9.17, 15) is 9.59 Å². The molecule has 134 valence electrons. The lowest BCUT2D eigenvalue weighted by atomic mass is 9.49. The number of hydrogen-bond acceptors (Lipinski definition) is 4. The monoisotopic (exact) mass is 362 g/mol. The number of ether oxygens (including phenoxy) is 1. The van der Waals surface area contributed by atoms with E-state index in [0.717, 1.165) is 37.0 Å². The van der Waals surface area contributed by atoms with E-state index < -0.39 is 0 Å². The molecule has 0 unspecified atom stereocenters. The number of nitrogens with one attached hydrogen (secondary N) is 1. The Bertz CT molecular complexity index is 638. The van der Waals surface area contributed by atoms with Gasteiger partial charge in [0.05, 0.1) is 11.4 Å². The van der Waals surface area contributed by atoms with Crippen LogP contribution in [0, 0.1) is 23.2 Å². The molecule has 0 saturated heterocycles. The number of carbonyl (C=O) groups is 2. The Kier molecular flexibility index (Phi) is 4.44. The number of esters is 1. The Morgan fingerprint density at radius 2 is 1.80 bits per heavy atom. The molecule has 0 aliphatic heterocycles. The first-order chi connectivity index (χ1) is 12.0. The lowest BCUT2D eigenvalue weighted by Gasteiger charge is -2.56. The minimum absolute atomic E-state index is 0.139. The van der Waals surface area contributed by atoms with E-state index in [4.69, 9.17) is 16.3 Å². The Hall–Kier alpha value is -1.62. The highest BCUT2D eigenvalue weighted by atomic mass is 35.5. The van der Waals surface area contributed by atoms with Crippen LogP contribution in [0.3, 0.4) is 0 Å². The van der Waals surface area contributed by atoms with E-state index >= 15 is 0 Å². The fourth-order valence-corrected chi connectivity index (χ4v) is 5.75. The van der Waals surface area contributed by atoms with Gasteiger partial charge in [-0.05, 0) is 73.8 Å². The number of rotatable bonds is 5. The normalized spacial score (nSPS) is 32.4. The highest BCUT2D eigenvalue weighted by molar-refractivity contribution is 6.30. The first-order valence-electron chi connectivity index (χ1n) is 9.07. The molecule has 1 N–H and O–H groups in total. The second-order valence-electron chi connectivity index (χ2n) is 8.16. The molecule has 0 radical (unpaired) electrons. The van der Waals surface area contributed by atoms with Crippen molar-refractivity contribution < 1.29 is 14.3 Å². The molecule has 0 aromatic carbocycles. The van der Waals surface area contributed by atoms with Gasteiger partial charge in [-0.15, -0.1) is 0 Å². The van der Waals surface area contributed by atoms with E-state index in [1.807, 2.05) is 0 Å². The molecule has 0 atom stereocenters. The summed E-state index contributed by atoms with van der Waals surface area (Å²) in [5.41, 5.74) is 0.139. The number of nitrogens with zero attached hydrogens (tertiary/aromatic N) is 1. The fourth-order valence-electron chi connectivity index (χ4n) is 5.64. The lowest BCUT2D eigenvalue weighted by molar-refractivity contribution is -0.154. The zero-order valence-corrected chi connectivity index (χ0v) is 14.9. The maximum atomic E-state index is 12.3. The van der Waals surface area contributed by atoms with Gasteiger partial charge in [-0.1, -0.05) is 11.6 Å². The summed E-state index contributed by atoms with van der Waals surface area (Å²) in [5.74, 6) is 2.18. The smallest absolute Gasteiger partial charge is 0.306 e. The molecule has 5 nitrogen and oxygen atoms in total. The third-order valence-electron chi connectivity index (χ3n) is 6.04. The van der Waals surface area contributed by atoms with Gasteiger partial charge < -0.3 is 10.1 Å². The average Bonchev–Trinajstić information content (AvgIpc) is 2.53. The molecular formula is C19H23ClN2O3. The van der Waals surface area contributed by atoms with E-state index in [1.54, 1.807) is 12.1 Å². The maximum Gasteiger partial charge on any atom is 0.306 e. The summed E-state index contributed by atoms with van der Waals surface area (Å²) in [6, 6.07) is 3.25. The average molecular weight is 363 g/mol. The van der Waals surface area contributed by atoms with Crippen molar-refractivity contribution in [2.45, 2.75) is 44.9 Å². The van der Waals surface area contributed by atoms with E-state index in [0.29, 0.717) is 17.3 Å². The molecule has 4 saturated carbocycles. The molecule has 6 heteroatoms. The maximum absolute atomic E-state index is 12.3. The SMILES string of the molecule is O=C(COC(=O)CC12CC3CC(CC(C3)C1)C2)Nc1ccc(Cl)cn1. The zero-order chi connectivity index (χ0) is 17.4. The van der Waals surface area contributed by atoms with Gasteiger partial charge in [-0.25, -0.2) is 4.98 Å². The summed E-state index contributed by atoms with van der Waals surface area (Å²) in [7, 11) is 0. The van der Waals surface area contributed by atoms with Gasteiger partial charge in [-0.2, -0.15) is 0 Å². The van der Waals surface area contributed by atoms with Gasteiger partial charge in [0.1, 0.15) is 5.82 Å². The molecule has 5 rings (SSSR count). The van der Waals surface area contributed by atoms with Gasteiger partial charge >= 0.3 is 5.97 Å². The molecule has 4 aliphatic carbocycles. The van der Waals surface area contributed by atoms with Crippen molar-refractivity contribution in [1.82, 2.24) is 4.98 Å². The predicted molar refractivity (Wildman–Crippen MR) is 94.1 cm³/mol. The third-order valence-corrected chi connectivity index (χ3v) is 6.27. The topological polar surface area (TPSA) is 68.3 Å². The van der Waals surface area contributed by atoms with Crippen molar-refractivity contribution in [2.24, 2.45) is 23.2 Å². The fraction of sp³-hybridized carbons (Fsp3) is 0.632. The van der Waals surface area contributed by atoms with Gasteiger partial charge in [0, 0.05) is 6.20 Å². The summed E-state index contributed by atoms with van der Waals surface area (Å²) < 4.78 is 5.23. The number of carbonyl (C=O) groups excluding carboxylic acids is 2. The van der Waals surface area contributed by atoms with E-state index in [1.165, 1.54) is 25.5 Å². The van der Waals surface area contributed by atoms with Gasteiger partial charge in [0.2, 0.25) is 0 Å². The molecule has 0 spiro atoms. The first-order valence-corrected chi connectivity index (χ1v) is 9.44. The molecule has 4 bridgehead atoms. The van der Waals surface area contributed by atoms with Crippen LogP contribution in [-0.2, 0) is 14.3 Å². The molecule has 1 aromatic rings. The van der Waals surface area contributed by atoms with Crippen LogP contribution in [0.4, 0.5) is 5.82 Å². The third kappa shape index (κ3) is 3.81. The molecule has 1 amide bonds. The minimum atomic E-state index is -0.381. The van der Waals surface area contributed by atoms with Crippen LogP contribution in [-0.4, -0.2) is 23.5 Å². The highest BCUT2D eigenvalue weighted by Crippen LogP contribution is 2.61. The van der Waals surface area contributed by atoms with Crippen molar-refractivity contribution in [3.8, 4) is 0 Å². The standard InChI is InChI=1S/C19H23ClN2O3/c20-15-1-2-16(21-10-15)22-17(23)11-25-18(24)9-19-6-12-3-13(7-19)5-14(4-12)8-19/h1-2,10,12-14H,3-9,11H2,(H,21,22,23). The van der Waals surface area contributed by atoms with Crippen molar-refractivity contribution in [2.75, 3.05) is 11.9 Å². The minimum Gasteiger partial charge on any atom is -0.456 e. The van der Waals surface area contributed by atoms with E-state index in [-0.39, 0.29) is 23.9 Å². The van der Waals surface area contributed by atoms with Crippen LogP contribution in [0.5, 0.6) is 0 Å². The molecule has 1 heterocycles. The van der Waals surface area contributed by atoms with Crippen molar-refractivity contribution in [3.63, 3.8) is 0 Å². The molecular weight excluding hydrogens is 340 g/mol. The summed E-state index contributed by atoms with van der Waals surface area (Å²) in [6.45, 7) is -0.268. The number of aromatic nitrogens is 1. The summed E-state index contributed by atoms with van der Waals surface area (Å²) in [5, 5.41) is 3.10. The second-order valence-corrected chi connectivity index (χ2v) is 8.60. The Balaban J connectivity index is 1.26. The van der Waals surface area contributed by atoms with Crippen molar-refractivity contribution in [3.05, 3.63) is 23.4 Å². The van der Waals surface area contributed by atoms with Crippen LogP contribution < -0.4 is 5.32 Å². The second kappa shape index (κ2) is 6.60. The highest BCUT2D eigenvalue weighted by Gasteiger charge is 2.51. The zero-order valence-electron chi connectivity index (χ0n) is 14.2. The summed E-state index contributed by atoms with van der Waals surface area (Å²) in [4.78, 5) is 28.2. The van der Waals surface area contributed by atoms with Crippen LogP contribution in [0.25, 0.3) is 0 Å². The largest absolute Gasteiger partial charge is 0.456 e. The van der Waals surface area contributed by atoms with Gasteiger partial charge in [0.25, 0.3) is 5.91 Å². The predicted octanol–water partition coefficient (Wildman–Crippen LogP) is 3.82. The Morgan fingerprint density at radius 3 is 2.36 bits per heavy atom. The Labute approximate surface area is 152 Å². The number of halogens is 1. The lowest BCUT2D eigenvalue weighted by Crippen LogP contribution is -2.47. The summed E-state index contributed by atoms with van der Waals surface area (Å²) >= 11 is 5.75. The van der Waals surface area contributed by atoms with Crippen LogP contribution >= 0.6 is 11.6 Å². The van der Waals surface area contributed by atoms with Crippen LogP contribution in [0.2, 0.25) is 5.02 Å². The number of anilines is 1. The number of amides is 1. The number of pyridine rings is 1. The van der Waals surface area contributed by atoms with Crippen molar-refractivity contribution >= 4 is 29.3 Å². The molecule has 4 fully saturated rings. The Morgan fingerprint density at radius 1 is 1.16 bits per heavy atom. The number of hydrogen-bond donors (Lipinski definition) is 1. The molecule has 4 aliphatic rings. The van der Waals surface area contributed by atoms with Gasteiger partial charge in [0.15, 0.2) is 6.61 Å².